The molecule has 0 aromatic rings. The van der Waals surface area contributed by atoms with Crippen molar-refractivity contribution in [2.75, 3.05) is 39.3 Å². The Bertz CT molecular complexity index is 322. The van der Waals surface area contributed by atoms with E-state index in [-0.39, 0.29) is 0 Å². The van der Waals surface area contributed by atoms with Crippen LogP contribution in [0.1, 0.15) is 117 Å². The summed E-state index contributed by atoms with van der Waals surface area (Å²) in [6, 6.07) is 0. The van der Waals surface area contributed by atoms with Crippen molar-refractivity contribution in [3.05, 3.63) is 0 Å². The van der Waals surface area contributed by atoms with Crippen LogP contribution in [-0.2, 0) is 0 Å². The number of unbranched alkanes of at least 4 members (excludes halogenated alkanes) is 7. The second-order valence-corrected chi connectivity index (χ2v) is 10.3. The van der Waals surface area contributed by atoms with Gasteiger partial charge in [0.2, 0.25) is 0 Å². The SMILES string of the molecule is CC1CCCCN(CCCCCCCCCCN2CCCCC(C)CC2)CC1. The number of nitrogens with zero attached hydrogens (tertiary/aromatic N) is 2. The molecule has 2 saturated heterocycles. The Morgan fingerprint density at radius 2 is 0.857 bits per heavy atom. The zero-order valence-corrected chi connectivity index (χ0v) is 19.6. The molecule has 2 rings (SSSR count). The van der Waals surface area contributed by atoms with E-state index in [4.69, 9.17) is 0 Å². The van der Waals surface area contributed by atoms with Crippen molar-refractivity contribution in [1.29, 1.82) is 0 Å². The van der Waals surface area contributed by atoms with Gasteiger partial charge in [0.15, 0.2) is 0 Å². The standard InChI is InChI=1S/C26H52N2/c1-25-15-9-13-21-27(23-17-25)19-11-7-5-3-4-6-8-12-20-28-22-14-10-16-26(2)18-24-28/h25-26H,3-24H2,1-2H3. The van der Waals surface area contributed by atoms with E-state index in [0.29, 0.717) is 0 Å². The Morgan fingerprint density at radius 1 is 0.464 bits per heavy atom. The van der Waals surface area contributed by atoms with E-state index in [2.05, 4.69) is 23.6 Å². The van der Waals surface area contributed by atoms with Crippen LogP contribution in [0.25, 0.3) is 0 Å². The van der Waals surface area contributed by atoms with Crippen molar-refractivity contribution in [1.82, 2.24) is 9.80 Å². The molecular formula is C26H52N2. The van der Waals surface area contributed by atoms with Crippen molar-refractivity contribution in [2.45, 2.75) is 117 Å². The Hall–Kier alpha value is -0.0800. The molecule has 0 aromatic heterocycles. The smallest absolute Gasteiger partial charge is 0.00162 e. The first-order valence-electron chi connectivity index (χ1n) is 13.2. The molecule has 2 aliphatic heterocycles. The van der Waals surface area contributed by atoms with Crippen LogP contribution >= 0.6 is 0 Å². The van der Waals surface area contributed by atoms with E-state index in [1.807, 2.05) is 0 Å². The number of likely N-dealkylation sites (tertiary alicyclic amines) is 2. The van der Waals surface area contributed by atoms with Gasteiger partial charge in [-0.1, -0.05) is 78.1 Å². The minimum absolute atomic E-state index is 0.954. The summed E-state index contributed by atoms with van der Waals surface area (Å²) in [5.41, 5.74) is 0. The molecule has 2 nitrogen and oxygen atoms in total. The van der Waals surface area contributed by atoms with Gasteiger partial charge in [-0.25, -0.2) is 0 Å². The minimum atomic E-state index is 0.954. The largest absolute Gasteiger partial charge is 0.303 e. The van der Waals surface area contributed by atoms with E-state index < -0.39 is 0 Å². The second kappa shape index (κ2) is 15.7. The maximum atomic E-state index is 2.75. The highest BCUT2D eigenvalue weighted by molar-refractivity contribution is 4.67. The molecule has 2 aliphatic rings. The van der Waals surface area contributed by atoms with E-state index >= 15 is 0 Å². The van der Waals surface area contributed by atoms with Gasteiger partial charge in [0.1, 0.15) is 0 Å². The molecule has 0 amide bonds. The molecule has 0 aromatic carbocycles. The number of rotatable bonds is 11. The maximum absolute atomic E-state index is 2.75. The highest BCUT2D eigenvalue weighted by Crippen LogP contribution is 2.18. The maximum Gasteiger partial charge on any atom is -0.00162 e. The molecule has 0 radical (unpaired) electrons. The predicted molar refractivity (Wildman–Crippen MR) is 125 cm³/mol. The molecule has 0 spiro atoms. The molecule has 0 aliphatic carbocycles. The molecule has 2 heteroatoms. The summed E-state index contributed by atoms with van der Waals surface area (Å²) >= 11 is 0. The topological polar surface area (TPSA) is 6.48 Å². The number of hydrogen-bond donors (Lipinski definition) is 0. The zero-order valence-electron chi connectivity index (χ0n) is 19.6. The Labute approximate surface area is 177 Å². The molecule has 2 fully saturated rings. The summed E-state index contributed by atoms with van der Waals surface area (Å²) in [6.45, 7) is 13.1. The van der Waals surface area contributed by atoms with Crippen molar-refractivity contribution >= 4 is 0 Å². The van der Waals surface area contributed by atoms with Gasteiger partial charge in [-0.2, -0.15) is 0 Å². The van der Waals surface area contributed by atoms with E-state index in [9.17, 15) is 0 Å². The molecule has 0 saturated carbocycles. The normalized spacial score (nSPS) is 26.4. The van der Waals surface area contributed by atoms with Crippen LogP contribution in [0.2, 0.25) is 0 Å². The highest BCUT2D eigenvalue weighted by Gasteiger charge is 2.12. The fourth-order valence-corrected chi connectivity index (χ4v) is 5.15. The summed E-state index contributed by atoms with van der Waals surface area (Å²) in [4.78, 5) is 5.50. The van der Waals surface area contributed by atoms with Crippen LogP contribution in [0.15, 0.2) is 0 Å². The fourth-order valence-electron chi connectivity index (χ4n) is 5.15. The zero-order chi connectivity index (χ0) is 19.9. The third-order valence-electron chi connectivity index (χ3n) is 7.42. The molecule has 166 valence electrons. The third-order valence-corrected chi connectivity index (χ3v) is 7.42. The van der Waals surface area contributed by atoms with Crippen molar-refractivity contribution in [2.24, 2.45) is 11.8 Å². The van der Waals surface area contributed by atoms with Gasteiger partial charge in [0.05, 0.1) is 0 Å². The summed E-state index contributed by atoms with van der Waals surface area (Å²) in [7, 11) is 0. The molecular weight excluding hydrogens is 340 g/mol. The molecule has 2 heterocycles. The van der Waals surface area contributed by atoms with Gasteiger partial charge in [-0.3, -0.25) is 0 Å². The van der Waals surface area contributed by atoms with Crippen molar-refractivity contribution in [3.63, 3.8) is 0 Å². The summed E-state index contributed by atoms with van der Waals surface area (Å²) in [5.74, 6) is 1.91. The quantitative estimate of drug-likeness (QED) is 0.345. The summed E-state index contributed by atoms with van der Waals surface area (Å²) in [5, 5.41) is 0. The lowest BCUT2D eigenvalue weighted by Gasteiger charge is -2.27. The van der Waals surface area contributed by atoms with Crippen LogP contribution in [-0.4, -0.2) is 49.1 Å². The third kappa shape index (κ3) is 11.8. The second-order valence-electron chi connectivity index (χ2n) is 10.3. The van der Waals surface area contributed by atoms with Crippen LogP contribution in [0.3, 0.4) is 0 Å². The average molecular weight is 393 g/mol. The van der Waals surface area contributed by atoms with Crippen LogP contribution in [0, 0.1) is 11.8 Å². The summed E-state index contributed by atoms with van der Waals surface area (Å²) < 4.78 is 0. The van der Waals surface area contributed by atoms with Crippen molar-refractivity contribution in [3.8, 4) is 0 Å². The van der Waals surface area contributed by atoms with E-state index in [1.54, 1.807) is 0 Å². The Morgan fingerprint density at radius 3 is 1.29 bits per heavy atom. The van der Waals surface area contributed by atoms with E-state index in [0.717, 1.165) is 11.8 Å². The van der Waals surface area contributed by atoms with E-state index in [1.165, 1.54) is 142 Å². The minimum Gasteiger partial charge on any atom is -0.303 e. The van der Waals surface area contributed by atoms with Gasteiger partial charge in [-0.15, -0.1) is 0 Å². The number of hydrogen-bond acceptors (Lipinski definition) is 2. The van der Waals surface area contributed by atoms with Crippen LogP contribution in [0.5, 0.6) is 0 Å². The van der Waals surface area contributed by atoms with Gasteiger partial charge in [0, 0.05) is 0 Å². The van der Waals surface area contributed by atoms with Gasteiger partial charge >= 0.3 is 0 Å². The van der Waals surface area contributed by atoms with Gasteiger partial charge < -0.3 is 9.80 Å². The Kier molecular flexibility index (Phi) is 13.6. The summed E-state index contributed by atoms with van der Waals surface area (Å²) in [6.07, 6.45) is 23.2. The lowest BCUT2D eigenvalue weighted by molar-refractivity contribution is 0.220. The first-order chi connectivity index (χ1) is 13.7. The molecule has 2 unspecified atom stereocenters. The fraction of sp³-hybridized carbons (Fsp3) is 1.00. The predicted octanol–water partition coefficient (Wildman–Crippen LogP) is 7.13. The molecule has 2 atom stereocenters. The molecule has 28 heavy (non-hydrogen) atoms. The first-order valence-corrected chi connectivity index (χ1v) is 13.2. The monoisotopic (exact) mass is 392 g/mol. The highest BCUT2D eigenvalue weighted by atomic mass is 15.1. The lowest BCUT2D eigenvalue weighted by atomic mass is 9.98. The first kappa shape index (κ1) is 24.2. The van der Waals surface area contributed by atoms with Crippen LogP contribution in [0.4, 0.5) is 0 Å². The van der Waals surface area contributed by atoms with Crippen molar-refractivity contribution < 1.29 is 0 Å². The molecule has 0 bridgehead atoms. The average Bonchev–Trinajstić information content (AvgIpc) is 2.66. The Balaban J connectivity index is 1.36. The van der Waals surface area contributed by atoms with Gasteiger partial charge in [0.25, 0.3) is 0 Å². The lowest BCUT2D eigenvalue weighted by Crippen LogP contribution is -2.29. The van der Waals surface area contributed by atoms with Gasteiger partial charge in [-0.05, 0) is 89.6 Å². The van der Waals surface area contributed by atoms with Crippen LogP contribution < -0.4 is 0 Å². The molecule has 0 N–H and O–H groups in total.